The molecular formula is C13H14O4. The van der Waals surface area contributed by atoms with Gasteiger partial charge in [0.25, 0.3) is 0 Å². The second-order valence-electron chi connectivity index (χ2n) is 6.63. The summed E-state index contributed by atoms with van der Waals surface area (Å²) in [6.07, 6.45) is 0. The van der Waals surface area contributed by atoms with Gasteiger partial charge in [-0.1, -0.05) is 0 Å². The maximum absolute atomic E-state index is 12.0. The van der Waals surface area contributed by atoms with Gasteiger partial charge in [0, 0.05) is 11.8 Å². The van der Waals surface area contributed by atoms with Crippen LogP contribution in [0.1, 0.15) is 0 Å². The fourth-order valence-electron chi connectivity index (χ4n) is 7.26. The Bertz CT molecular complexity index is 460. The van der Waals surface area contributed by atoms with Gasteiger partial charge in [0.1, 0.15) is 0 Å². The molecule has 1 saturated heterocycles. The molecule has 4 nitrogen and oxygen atoms in total. The second kappa shape index (κ2) is 1.95. The van der Waals surface area contributed by atoms with Crippen LogP contribution < -0.4 is 0 Å². The van der Waals surface area contributed by atoms with Crippen molar-refractivity contribution in [1.82, 2.24) is 0 Å². The second-order valence-corrected chi connectivity index (χ2v) is 6.63. The zero-order valence-electron chi connectivity index (χ0n) is 9.59. The molecule has 0 N–H and O–H groups in total. The molecule has 0 aromatic rings. The van der Waals surface area contributed by atoms with Gasteiger partial charge in [0.2, 0.25) is 0 Å². The zero-order chi connectivity index (χ0) is 11.2. The number of hydrogen-bond acceptors (Lipinski definition) is 4. The van der Waals surface area contributed by atoms with E-state index in [0.29, 0.717) is 41.4 Å². The lowest BCUT2D eigenvalue weighted by Crippen LogP contribution is -2.90. The zero-order valence-corrected chi connectivity index (χ0v) is 9.59. The van der Waals surface area contributed by atoms with Crippen molar-refractivity contribution in [3.8, 4) is 0 Å². The lowest BCUT2D eigenvalue weighted by molar-refractivity contribution is -0.430. The Balaban J connectivity index is 1.50. The van der Waals surface area contributed by atoms with Gasteiger partial charge in [-0.05, 0) is 29.6 Å². The summed E-state index contributed by atoms with van der Waals surface area (Å²) in [5.74, 6) is 4.01. The SMILES string of the molecule is COC(=O)C12C3[C@@H]4C5[C@@H]3[C@H]1C([C@H]42)C51OCCO1. The topological polar surface area (TPSA) is 44.8 Å². The first-order valence-corrected chi connectivity index (χ1v) is 6.66. The minimum absolute atomic E-state index is 0.0507. The molecule has 0 unspecified atom stereocenters. The molecule has 4 heteroatoms. The smallest absolute Gasteiger partial charge is 0.312 e. The van der Waals surface area contributed by atoms with E-state index in [2.05, 4.69) is 0 Å². The molecule has 2 bridgehead atoms. The van der Waals surface area contributed by atoms with Crippen LogP contribution in [0.25, 0.3) is 0 Å². The fourth-order valence-corrected chi connectivity index (χ4v) is 7.26. The van der Waals surface area contributed by atoms with Crippen LogP contribution in [0, 0.1) is 46.8 Å². The van der Waals surface area contributed by atoms with Crippen LogP contribution in [-0.2, 0) is 19.0 Å². The highest BCUT2D eigenvalue weighted by Gasteiger charge is 3.06. The van der Waals surface area contributed by atoms with Crippen LogP contribution in [0.15, 0.2) is 0 Å². The predicted octanol–water partition coefficient (Wildman–Crippen LogP) is 0.270. The lowest BCUT2D eigenvalue weighted by Gasteiger charge is -2.88. The summed E-state index contributed by atoms with van der Waals surface area (Å²) in [7, 11) is 1.53. The van der Waals surface area contributed by atoms with Gasteiger partial charge in [-0.25, -0.2) is 0 Å². The van der Waals surface area contributed by atoms with Gasteiger partial charge in [0.15, 0.2) is 5.79 Å². The van der Waals surface area contributed by atoms with Crippen molar-refractivity contribution in [1.29, 1.82) is 0 Å². The lowest BCUT2D eigenvalue weighted by atomic mass is 9.13. The Labute approximate surface area is 98.6 Å². The Kier molecular flexibility index (Phi) is 0.975. The maximum Gasteiger partial charge on any atom is 0.312 e. The molecular weight excluding hydrogens is 220 g/mol. The standard InChI is InChI=1S/C13H14O4/c1-15-11(14)12-6-4-7-5(6)9(12)10(8(4)12)13(7)16-2-3-17-13/h4-10H,2-3H2,1H3/t4-,5-,6?,7?,8+,9+,10?,12?/m1/s1. The van der Waals surface area contributed by atoms with Crippen LogP contribution in [0.3, 0.4) is 0 Å². The van der Waals surface area contributed by atoms with Crippen molar-refractivity contribution in [3.63, 3.8) is 0 Å². The van der Waals surface area contributed by atoms with Gasteiger partial charge >= 0.3 is 5.97 Å². The predicted molar refractivity (Wildman–Crippen MR) is 53.5 cm³/mol. The summed E-state index contributed by atoms with van der Waals surface area (Å²) in [6.45, 7) is 1.48. The van der Waals surface area contributed by atoms with Crippen LogP contribution in [-0.4, -0.2) is 32.1 Å². The van der Waals surface area contributed by atoms with Crippen molar-refractivity contribution in [3.05, 3.63) is 0 Å². The molecule has 1 aliphatic heterocycles. The van der Waals surface area contributed by atoms with E-state index < -0.39 is 0 Å². The Morgan fingerprint density at radius 2 is 1.71 bits per heavy atom. The average Bonchev–Trinajstić information content (AvgIpc) is 2.85. The highest BCUT2D eigenvalue weighted by molar-refractivity contribution is 5.86. The number of esters is 1. The van der Waals surface area contributed by atoms with E-state index in [1.54, 1.807) is 0 Å². The summed E-state index contributed by atoms with van der Waals surface area (Å²) in [6, 6.07) is 0. The number of carbonyl (C=O) groups is 1. The van der Waals surface area contributed by atoms with Crippen LogP contribution in [0.4, 0.5) is 0 Å². The van der Waals surface area contributed by atoms with Crippen LogP contribution in [0.5, 0.6) is 0 Å². The van der Waals surface area contributed by atoms with Crippen molar-refractivity contribution in [2.45, 2.75) is 5.79 Å². The van der Waals surface area contributed by atoms with Crippen LogP contribution >= 0.6 is 0 Å². The van der Waals surface area contributed by atoms with E-state index in [0.717, 1.165) is 13.2 Å². The molecule has 7 aliphatic rings. The highest BCUT2D eigenvalue weighted by atomic mass is 16.7. The largest absolute Gasteiger partial charge is 0.469 e. The molecule has 6 aliphatic carbocycles. The average molecular weight is 234 g/mol. The molecule has 6 saturated carbocycles. The van der Waals surface area contributed by atoms with Crippen LogP contribution in [0.2, 0.25) is 0 Å². The van der Waals surface area contributed by atoms with Gasteiger partial charge in [-0.15, -0.1) is 0 Å². The molecule has 7 rings (SSSR count). The van der Waals surface area contributed by atoms with E-state index in [1.807, 2.05) is 0 Å². The molecule has 0 aromatic heterocycles. The number of rotatable bonds is 1. The fraction of sp³-hybridized carbons (Fsp3) is 0.923. The van der Waals surface area contributed by atoms with E-state index in [1.165, 1.54) is 7.11 Å². The van der Waals surface area contributed by atoms with Gasteiger partial charge in [-0.3, -0.25) is 4.79 Å². The van der Waals surface area contributed by atoms with E-state index in [-0.39, 0.29) is 17.2 Å². The summed E-state index contributed by atoms with van der Waals surface area (Å²) in [4.78, 5) is 12.0. The molecule has 0 aromatic carbocycles. The minimum atomic E-state index is -0.269. The number of hydrogen-bond donors (Lipinski definition) is 0. The molecule has 7 fully saturated rings. The van der Waals surface area contributed by atoms with E-state index in [4.69, 9.17) is 14.2 Å². The van der Waals surface area contributed by atoms with E-state index in [9.17, 15) is 4.79 Å². The van der Waals surface area contributed by atoms with Gasteiger partial charge < -0.3 is 14.2 Å². The number of carbonyl (C=O) groups excluding carboxylic acids is 1. The van der Waals surface area contributed by atoms with Crippen molar-refractivity contribution < 1.29 is 19.0 Å². The summed E-state index contributed by atoms with van der Waals surface area (Å²) >= 11 is 0. The molecule has 0 amide bonds. The first-order chi connectivity index (χ1) is 8.30. The minimum Gasteiger partial charge on any atom is -0.469 e. The number of methoxy groups -OCH3 is 1. The van der Waals surface area contributed by atoms with E-state index >= 15 is 0 Å². The molecule has 90 valence electrons. The van der Waals surface area contributed by atoms with Gasteiger partial charge in [0.05, 0.1) is 25.7 Å². The third kappa shape index (κ3) is 0.449. The Hall–Kier alpha value is -0.610. The third-order valence-corrected chi connectivity index (χ3v) is 7.12. The third-order valence-electron chi connectivity index (χ3n) is 7.12. The highest BCUT2D eigenvalue weighted by Crippen LogP contribution is 3.02. The first kappa shape index (κ1) is 8.48. The Morgan fingerprint density at radius 3 is 2.29 bits per heavy atom. The molecule has 1 spiro atoms. The van der Waals surface area contributed by atoms with Crippen molar-refractivity contribution in [2.24, 2.45) is 46.8 Å². The number of ether oxygens (including phenoxy) is 3. The summed E-state index contributed by atoms with van der Waals surface area (Å²) < 4.78 is 17.0. The monoisotopic (exact) mass is 234 g/mol. The molecule has 0 radical (unpaired) electrons. The summed E-state index contributed by atoms with van der Waals surface area (Å²) in [5, 5.41) is 0. The Morgan fingerprint density at radius 1 is 1.06 bits per heavy atom. The molecule has 17 heavy (non-hydrogen) atoms. The maximum atomic E-state index is 12.0. The quantitative estimate of drug-likeness (QED) is 0.611. The van der Waals surface area contributed by atoms with Crippen molar-refractivity contribution in [2.75, 3.05) is 20.3 Å². The molecule has 1 heterocycles. The van der Waals surface area contributed by atoms with Crippen molar-refractivity contribution >= 4 is 5.97 Å². The molecule has 4 atom stereocenters. The first-order valence-electron chi connectivity index (χ1n) is 6.66. The summed E-state index contributed by atoms with van der Waals surface area (Å²) in [5.41, 5.74) is -0.0793. The van der Waals surface area contributed by atoms with Gasteiger partial charge in [-0.2, -0.15) is 0 Å². The normalized spacial score (nSPS) is 68.9.